The van der Waals surface area contributed by atoms with Crippen molar-refractivity contribution in [2.24, 2.45) is 0 Å². The summed E-state index contributed by atoms with van der Waals surface area (Å²) in [6, 6.07) is 0. The lowest BCUT2D eigenvalue weighted by Crippen LogP contribution is -2.53. The van der Waals surface area contributed by atoms with Gasteiger partial charge in [0.25, 0.3) is 0 Å². The largest absolute Gasteiger partial charge is 0.377 e. The van der Waals surface area contributed by atoms with Crippen molar-refractivity contribution in [2.75, 3.05) is 13.2 Å². The zero-order chi connectivity index (χ0) is 10.3. The molecule has 0 radical (unpaired) electrons. The average molecular weight is 187 g/mol. The van der Waals surface area contributed by atoms with Gasteiger partial charge in [0.15, 0.2) is 5.70 Å². The number of rotatable bonds is 6. The molecule has 0 aliphatic rings. The molecule has 0 saturated heterocycles. The van der Waals surface area contributed by atoms with E-state index in [-0.39, 0.29) is 17.7 Å². The first-order valence-electron chi connectivity index (χ1n) is 4.48. The van der Waals surface area contributed by atoms with Crippen LogP contribution < -0.4 is 11.1 Å². The summed E-state index contributed by atoms with van der Waals surface area (Å²) < 4.78 is 5.36. The predicted molar refractivity (Wildman–Crippen MR) is 50.7 cm³/mol. The highest BCUT2D eigenvalue weighted by atomic mass is 16.5. The molecule has 4 nitrogen and oxygen atoms in total. The number of quaternary nitrogens is 1. The van der Waals surface area contributed by atoms with Crippen LogP contribution in [0.1, 0.15) is 20.3 Å². The summed E-state index contributed by atoms with van der Waals surface area (Å²) in [5.41, 5.74) is 3.70. The number of ether oxygens (including phenoxy) is 1. The first-order chi connectivity index (χ1) is 6.07. The topological polar surface area (TPSA) is 66.0 Å². The van der Waals surface area contributed by atoms with E-state index in [9.17, 15) is 4.79 Å². The van der Waals surface area contributed by atoms with E-state index in [4.69, 9.17) is 4.74 Å². The average Bonchev–Trinajstić information content (AvgIpc) is 2.11. The lowest BCUT2D eigenvalue weighted by Gasteiger charge is -2.10. The molecular weight excluding hydrogens is 168 g/mol. The molecule has 0 fully saturated rings. The van der Waals surface area contributed by atoms with Crippen LogP contribution >= 0.6 is 0 Å². The van der Waals surface area contributed by atoms with Gasteiger partial charge in [-0.3, -0.25) is 4.79 Å². The molecule has 0 aliphatic heterocycles. The maximum atomic E-state index is 10.9. The smallest absolute Gasteiger partial charge is 0.304 e. The SMILES string of the molecule is C=C([NH3+])C(=O)NCCOC(C)CC. The van der Waals surface area contributed by atoms with Crippen molar-refractivity contribution in [1.29, 1.82) is 0 Å². The minimum atomic E-state index is -0.215. The number of amides is 1. The third kappa shape index (κ3) is 6.31. The van der Waals surface area contributed by atoms with Gasteiger partial charge in [-0.2, -0.15) is 0 Å². The van der Waals surface area contributed by atoms with Gasteiger partial charge in [-0.05, 0) is 19.9 Å². The Morgan fingerprint density at radius 2 is 2.31 bits per heavy atom. The minimum absolute atomic E-state index is 0.215. The molecule has 0 aliphatic carbocycles. The van der Waals surface area contributed by atoms with Crippen molar-refractivity contribution in [3.05, 3.63) is 12.3 Å². The molecule has 0 aromatic heterocycles. The normalized spacial score (nSPS) is 12.2. The van der Waals surface area contributed by atoms with Crippen molar-refractivity contribution in [2.45, 2.75) is 26.4 Å². The maximum absolute atomic E-state index is 10.9. The fourth-order valence-corrected chi connectivity index (χ4v) is 0.668. The highest BCUT2D eigenvalue weighted by molar-refractivity contribution is 5.89. The van der Waals surface area contributed by atoms with Gasteiger partial charge < -0.3 is 15.8 Å². The maximum Gasteiger partial charge on any atom is 0.304 e. The van der Waals surface area contributed by atoms with E-state index in [1.165, 1.54) is 0 Å². The molecule has 13 heavy (non-hydrogen) atoms. The van der Waals surface area contributed by atoms with E-state index in [2.05, 4.69) is 24.6 Å². The van der Waals surface area contributed by atoms with Crippen LogP contribution in [0.2, 0.25) is 0 Å². The first kappa shape index (κ1) is 12.1. The zero-order valence-corrected chi connectivity index (χ0v) is 8.43. The van der Waals surface area contributed by atoms with Gasteiger partial charge in [0.1, 0.15) is 0 Å². The molecule has 0 bridgehead atoms. The lowest BCUT2D eigenvalue weighted by atomic mass is 10.3. The Morgan fingerprint density at radius 3 is 2.77 bits per heavy atom. The molecule has 0 saturated carbocycles. The molecule has 0 rings (SSSR count). The highest BCUT2D eigenvalue weighted by Gasteiger charge is 2.04. The molecule has 76 valence electrons. The van der Waals surface area contributed by atoms with Crippen molar-refractivity contribution < 1.29 is 15.3 Å². The van der Waals surface area contributed by atoms with Crippen LogP contribution in [0.5, 0.6) is 0 Å². The van der Waals surface area contributed by atoms with E-state index < -0.39 is 0 Å². The molecule has 1 amide bonds. The predicted octanol–water partition coefficient (Wildman–Crippen LogP) is -0.327. The molecule has 4 N–H and O–H groups in total. The molecule has 0 spiro atoms. The van der Waals surface area contributed by atoms with E-state index in [1.54, 1.807) is 0 Å². The molecule has 4 heteroatoms. The van der Waals surface area contributed by atoms with Crippen LogP contribution in [0.15, 0.2) is 12.3 Å². The van der Waals surface area contributed by atoms with Crippen LogP contribution in [0, 0.1) is 0 Å². The zero-order valence-electron chi connectivity index (χ0n) is 8.43. The highest BCUT2D eigenvalue weighted by Crippen LogP contribution is 1.93. The second-order valence-corrected chi connectivity index (χ2v) is 2.95. The molecule has 1 unspecified atom stereocenters. The Morgan fingerprint density at radius 1 is 1.69 bits per heavy atom. The summed E-state index contributed by atoms with van der Waals surface area (Å²) in [7, 11) is 0. The van der Waals surface area contributed by atoms with E-state index in [0.29, 0.717) is 13.2 Å². The third-order valence-electron chi connectivity index (χ3n) is 1.69. The fourth-order valence-electron chi connectivity index (χ4n) is 0.668. The van der Waals surface area contributed by atoms with E-state index in [1.807, 2.05) is 6.92 Å². The number of nitrogens with one attached hydrogen (secondary N) is 1. The Bertz CT molecular complexity index is 180. The summed E-state index contributed by atoms with van der Waals surface area (Å²) in [4.78, 5) is 10.9. The third-order valence-corrected chi connectivity index (χ3v) is 1.69. The van der Waals surface area contributed by atoms with Gasteiger partial charge in [0, 0.05) is 6.54 Å². The van der Waals surface area contributed by atoms with Crippen molar-refractivity contribution in [1.82, 2.24) is 5.32 Å². The van der Waals surface area contributed by atoms with Gasteiger partial charge in [-0.25, -0.2) is 0 Å². The van der Waals surface area contributed by atoms with Crippen LogP contribution in [-0.2, 0) is 9.53 Å². The Hall–Kier alpha value is -0.870. The lowest BCUT2D eigenvalue weighted by molar-refractivity contribution is -0.298. The van der Waals surface area contributed by atoms with Gasteiger partial charge in [0.2, 0.25) is 0 Å². The molecule has 0 heterocycles. The summed E-state index contributed by atoms with van der Waals surface area (Å²) >= 11 is 0. The van der Waals surface area contributed by atoms with Crippen molar-refractivity contribution >= 4 is 5.91 Å². The molecule has 0 aromatic carbocycles. The van der Waals surface area contributed by atoms with Crippen LogP contribution in [0.25, 0.3) is 0 Å². The second-order valence-electron chi connectivity index (χ2n) is 2.95. The number of carbonyl (C=O) groups excluding carboxylic acids is 1. The molecular formula is C9H19N2O2+. The van der Waals surface area contributed by atoms with Crippen molar-refractivity contribution in [3.63, 3.8) is 0 Å². The second kappa shape index (κ2) is 6.62. The summed E-state index contributed by atoms with van der Waals surface area (Å²) in [5.74, 6) is -0.215. The van der Waals surface area contributed by atoms with Gasteiger partial charge >= 0.3 is 5.91 Å². The standard InChI is InChI=1S/C9H18N2O2/c1-4-7(2)13-6-5-11-9(12)8(3)10/h7H,3-6,10H2,1-2H3,(H,11,12)/p+1. The van der Waals surface area contributed by atoms with Crippen LogP contribution in [-0.4, -0.2) is 25.2 Å². The summed E-state index contributed by atoms with van der Waals surface area (Å²) in [6.45, 7) is 8.53. The monoisotopic (exact) mass is 187 g/mol. The van der Waals surface area contributed by atoms with E-state index >= 15 is 0 Å². The number of carbonyl (C=O) groups is 1. The molecule has 0 aromatic rings. The first-order valence-corrected chi connectivity index (χ1v) is 4.48. The number of hydrogen-bond acceptors (Lipinski definition) is 2. The Balaban J connectivity index is 3.36. The van der Waals surface area contributed by atoms with Crippen LogP contribution in [0.3, 0.4) is 0 Å². The summed E-state index contributed by atoms with van der Waals surface area (Å²) in [6.07, 6.45) is 1.23. The van der Waals surface area contributed by atoms with Crippen LogP contribution in [0.4, 0.5) is 0 Å². The quantitative estimate of drug-likeness (QED) is 0.442. The summed E-state index contributed by atoms with van der Waals surface area (Å²) in [5, 5.41) is 2.64. The van der Waals surface area contributed by atoms with Crippen molar-refractivity contribution in [3.8, 4) is 0 Å². The Kier molecular flexibility index (Phi) is 6.18. The molecule has 1 atom stereocenters. The van der Waals surface area contributed by atoms with Gasteiger partial charge in [-0.15, -0.1) is 0 Å². The Labute approximate surface area is 79.1 Å². The van der Waals surface area contributed by atoms with Gasteiger partial charge in [-0.1, -0.05) is 6.92 Å². The fraction of sp³-hybridized carbons (Fsp3) is 0.667. The minimum Gasteiger partial charge on any atom is -0.377 e. The van der Waals surface area contributed by atoms with Gasteiger partial charge in [0.05, 0.1) is 12.7 Å². The number of hydrogen-bond donors (Lipinski definition) is 2. The van der Waals surface area contributed by atoms with E-state index in [0.717, 1.165) is 6.42 Å².